The van der Waals surface area contributed by atoms with Crippen molar-refractivity contribution in [3.05, 3.63) is 66.3 Å². The average molecular weight is 310 g/mol. The number of aromatic hydroxyl groups is 1. The quantitative estimate of drug-likeness (QED) is 0.581. The number of benzene rings is 1. The molecule has 1 aromatic carbocycles. The molecule has 0 unspecified atom stereocenters. The van der Waals surface area contributed by atoms with E-state index in [4.69, 9.17) is 11.1 Å². The Bertz CT molecular complexity index is 812. The summed E-state index contributed by atoms with van der Waals surface area (Å²) < 4.78 is 14.4. The summed E-state index contributed by atoms with van der Waals surface area (Å²) in [6.45, 7) is 3.55. The van der Waals surface area contributed by atoms with Crippen molar-refractivity contribution >= 4 is 17.9 Å². The van der Waals surface area contributed by atoms with Gasteiger partial charge in [-0.2, -0.15) is 0 Å². The third-order valence-electron chi connectivity index (χ3n) is 3.06. The number of para-hydroxylation sites is 1. The summed E-state index contributed by atoms with van der Waals surface area (Å²) in [5, 5.41) is 24.5. The Morgan fingerprint density at radius 3 is 2.70 bits per heavy atom. The summed E-state index contributed by atoms with van der Waals surface area (Å²) in [7, 11) is 0. The first-order valence-electron chi connectivity index (χ1n) is 6.69. The standard InChI is InChI=1S/C17H15FN4O/c1-2-11(7-8-19)9-14(18)13-10-15(21-22-17(13)20)12-5-3-4-6-16(12)23/h2-10,19,23H,1H2,(H2,20,22)/b11-7+,14-9-,19-8?. The molecule has 0 atom stereocenters. The molecule has 23 heavy (non-hydrogen) atoms. The lowest BCUT2D eigenvalue weighted by Gasteiger charge is -2.07. The van der Waals surface area contributed by atoms with E-state index >= 15 is 0 Å². The van der Waals surface area contributed by atoms with E-state index in [1.807, 2.05) is 0 Å². The number of nitrogen functional groups attached to an aromatic ring is 1. The van der Waals surface area contributed by atoms with Crippen LogP contribution in [0.25, 0.3) is 17.1 Å². The molecule has 1 heterocycles. The number of anilines is 1. The first kappa shape index (κ1) is 16.1. The number of aromatic nitrogens is 2. The summed E-state index contributed by atoms with van der Waals surface area (Å²) in [4.78, 5) is 0. The first-order chi connectivity index (χ1) is 11.1. The van der Waals surface area contributed by atoms with Crippen LogP contribution >= 0.6 is 0 Å². The Kier molecular flexibility index (Phi) is 4.99. The number of rotatable bonds is 5. The fourth-order valence-electron chi connectivity index (χ4n) is 1.91. The largest absolute Gasteiger partial charge is 0.507 e. The van der Waals surface area contributed by atoms with E-state index in [1.54, 1.807) is 18.2 Å². The van der Waals surface area contributed by atoms with Gasteiger partial charge in [-0.3, -0.25) is 0 Å². The maximum Gasteiger partial charge on any atom is 0.156 e. The van der Waals surface area contributed by atoms with Crippen molar-refractivity contribution < 1.29 is 9.50 Å². The van der Waals surface area contributed by atoms with Gasteiger partial charge in [0.05, 0.1) is 11.3 Å². The minimum Gasteiger partial charge on any atom is -0.507 e. The zero-order valence-electron chi connectivity index (χ0n) is 12.2. The molecule has 1 aromatic heterocycles. The number of allylic oxidation sites excluding steroid dienone is 4. The van der Waals surface area contributed by atoms with Crippen LogP contribution in [0, 0.1) is 5.41 Å². The summed E-state index contributed by atoms with van der Waals surface area (Å²) in [6, 6.07) is 7.95. The SMILES string of the molecule is C=CC(/C=C(\F)c1cc(-c2ccccc2O)nnc1N)=C\C=N. The summed E-state index contributed by atoms with van der Waals surface area (Å²) >= 11 is 0. The highest BCUT2D eigenvalue weighted by Crippen LogP contribution is 2.30. The summed E-state index contributed by atoms with van der Waals surface area (Å²) in [5.41, 5.74) is 6.88. The van der Waals surface area contributed by atoms with Gasteiger partial charge in [-0.25, -0.2) is 4.39 Å². The predicted octanol–water partition coefficient (Wildman–Crippen LogP) is 3.50. The number of hydrogen-bond donors (Lipinski definition) is 3. The van der Waals surface area contributed by atoms with Crippen molar-refractivity contribution in [2.75, 3.05) is 5.73 Å². The minimum atomic E-state index is -0.637. The second kappa shape index (κ2) is 7.13. The Morgan fingerprint density at radius 1 is 1.30 bits per heavy atom. The molecule has 0 aliphatic carbocycles. The van der Waals surface area contributed by atoms with Crippen molar-refractivity contribution in [1.82, 2.24) is 10.2 Å². The van der Waals surface area contributed by atoms with Crippen molar-refractivity contribution in [2.24, 2.45) is 0 Å². The summed E-state index contributed by atoms with van der Waals surface area (Å²) in [6.07, 6.45) is 5.03. The molecular formula is C17H15FN4O. The number of nitrogens with zero attached hydrogens (tertiary/aromatic N) is 2. The van der Waals surface area contributed by atoms with Crippen LogP contribution in [0.2, 0.25) is 0 Å². The number of phenols is 1. The van der Waals surface area contributed by atoms with Crippen LogP contribution in [-0.4, -0.2) is 21.5 Å². The van der Waals surface area contributed by atoms with Gasteiger partial charge < -0.3 is 16.2 Å². The van der Waals surface area contributed by atoms with E-state index in [0.717, 1.165) is 6.21 Å². The zero-order chi connectivity index (χ0) is 16.8. The lowest BCUT2D eigenvalue weighted by atomic mass is 10.1. The van der Waals surface area contributed by atoms with E-state index in [9.17, 15) is 9.50 Å². The molecule has 116 valence electrons. The Labute approximate surface area is 132 Å². The van der Waals surface area contributed by atoms with Gasteiger partial charge in [-0.15, -0.1) is 10.2 Å². The minimum absolute atomic E-state index is 0.0115. The molecule has 6 heteroatoms. The van der Waals surface area contributed by atoms with Gasteiger partial charge in [0.2, 0.25) is 0 Å². The first-order valence-corrected chi connectivity index (χ1v) is 6.69. The van der Waals surface area contributed by atoms with Crippen LogP contribution in [0.15, 0.2) is 60.7 Å². The van der Waals surface area contributed by atoms with E-state index in [1.165, 1.54) is 30.4 Å². The van der Waals surface area contributed by atoms with Crippen LogP contribution < -0.4 is 5.73 Å². The highest BCUT2D eigenvalue weighted by molar-refractivity contribution is 5.78. The highest BCUT2D eigenvalue weighted by atomic mass is 19.1. The van der Waals surface area contributed by atoms with Crippen molar-refractivity contribution in [2.45, 2.75) is 0 Å². The number of halogens is 1. The van der Waals surface area contributed by atoms with Crippen LogP contribution in [0.3, 0.4) is 0 Å². The maximum absolute atomic E-state index is 14.4. The second-order valence-corrected chi connectivity index (χ2v) is 4.58. The van der Waals surface area contributed by atoms with E-state index < -0.39 is 5.83 Å². The fraction of sp³-hybridized carbons (Fsp3) is 0. The van der Waals surface area contributed by atoms with Gasteiger partial charge in [0, 0.05) is 11.8 Å². The van der Waals surface area contributed by atoms with E-state index in [-0.39, 0.29) is 17.1 Å². The van der Waals surface area contributed by atoms with Crippen LogP contribution in [0.4, 0.5) is 10.2 Å². The van der Waals surface area contributed by atoms with Gasteiger partial charge in [-0.1, -0.05) is 24.8 Å². The zero-order valence-corrected chi connectivity index (χ0v) is 12.2. The third-order valence-corrected chi connectivity index (χ3v) is 3.06. The molecule has 5 nitrogen and oxygen atoms in total. The number of nitrogens with one attached hydrogen (secondary N) is 1. The lowest BCUT2D eigenvalue weighted by molar-refractivity contribution is 0.477. The number of hydrogen-bond acceptors (Lipinski definition) is 5. The highest BCUT2D eigenvalue weighted by Gasteiger charge is 2.12. The van der Waals surface area contributed by atoms with Gasteiger partial charge in [0.15, 0.2) is 5.82 Å². The van der Waals surface area contributed by atoms with E-state index in [2.05, 4.69) is 16.8 Å². The van der Waals surface area contributed by atoms with Crippen molar-refractivity contribution in [3.63, 3.8) is 0 Å². The monoisotopic (exact) mass is 310 g/mol. The molecule has 0 amide bonds. The smallest absolute Gasteiger partial charge is 0.156 e. The Morgan fingerprint density at radius 2 is 2.04 bits per heavy atom. The maximum atomic E-state index is 14.4. The van der Waals surface area contributed by atoms with Crippen molar-refractivity contribution in [3.8, 4) is 17.0 Å². The topological polar surface area (TPSA) is 95.9 Å². The average Bonchev–Trinajstić information content (AvgIpc) is 2.55. The van der Waals surface area contributed by atoms with Crippen LogP contribution in [0.5, 0.6) is 5.75 Å². The predicted molar refractivity (Wildman–Crippen MR) is 89.7 cm³/mol. The number of nitrogens with two attached hydrogens (primary N) is 1. The normalized spacial score (nSPS) is 12.0. The second-order valence-electron chi connectivity index (χ2n) is 4.58. The summed E-state index contributed by atoms with van der Waals surface area (Å²) in [5.74, 6) is -0.698. The van der Waals surface area contributed by atoms with E-state index in [0.29, 0.717) is 16.8 Å². The molecule has 0 radical (unpaired) electrons. The van der Waals surface area contributed by atoms with Crippen LogP contribution in [-0.2, 0) is 0 Å². The van der Waals surface area contributed by atoms with Crippen molar-refractivity contribution in [1.29, 1.82) is 5.41 Å². The molecule has 2 rings (SSSR count). The van der Waals surface area contributed by atoms with Gasteiger partial charge in [0.25, 0.3) is 0 Å². The molecule has 2 aromatic rings. The van der Waals surface area contributed by atoms with Gasteiger partial charge in [-0.05, 0) is 35.9 Å². The molecule has 0 fully saturated rings. The lowest BCUT2D eigenvalue weighted by Crippen LogP contribution is -2.00. The molecule has 0 bridgehead atoms. The molecule has 0 aliphatic heterocycles. The fourth-order valence-corrected chi connectivity index (χ4v) is 1.91. The number of phenolic OH excluding ortho intramolecular Hbond substituents is 1. The molecule has 4 N–H and O–H groups in total. The van der Waals surface area contributed by atoms with Gasteiger partial charge in [0.1, 0.15) is 11.6 Å². The Balaban J connectivity index is 2.52. The molecular weight excluding hydrogens is 295 g/mol. The molecule has 0 spiro atoms. The Hall–Kier alpha value is -3.28. The third kappa shape index (κ3) is 3.68. The molecule has 0 saturated carbocycles. The van der Waals surface area contributed by atoms with Crippen LogP contribution in [0.1, 0.15) is 5.56 Å². The molecule has 0 saturated heterocycles. The molecule has 0 aliphatic rings. The van der Waals surface area contributed by atoms with Gasteiger partial charge >= 0.3 is 0 Å².